The standard InChI is InChI=1S/C7H7FN2O3S/c8-5-3-4(7(9)11)1-2-6(5)14(10,12)13/h1-3H,(H2,9,11)(H2,10,12,13). The summed E-state index contributed by atoms with van der Waals surface area (Å²) in [6.45, 7) is 0. The van der Waals surface area contributed by atoms with Gasteiger partial charge in [-0.05, 0) is 18.2 Å². The van der Waals surface area contributed by atoms with Gasteiger partial charge in [0.05, 0.1) is 0 Å². The number of halogens is 1. The number of benzene rings is 1. The topological polar surface area (TPSA) is 103 Å². The van der Waals surface area contributed by atoms with E-state index in [-0.39, 0.29) is 5.56 Å². The van der Waals surface area contributed by atoms with Crippen molar-refractivity contribution in [3.05, 3.63) is 29.6 Å². The second kappa shape index (κ2) is 3.35. The molecule has 0 saturated heterocycles. The van der Waals surface area contributed by atoms with Crippen molar-refractivity contribution < 1.29 is 17.6 Å². The first-order chi connectivity index (χ1) is 6.32. The molecular formula is C7H7FN2O3S. The molecule has 0 aromatic heterocycles. The van der Waals surface area contributed by atoms with Crippen LogP contribution in [0.2, 0.25) is 0 Å². The molecule has 0 fully saturated rings. The number of hydrogen-bond donors (Lipinski definition) is 2. The quantitative estimate of drug-likeness (QED) is 0.703. The SMILES string of the molecule is NC(=O)c1ccc(S(N)(=O)=O)c(F)c1. The number of rotatable bonds is 2. The van der Waals surface area contributed by atoms with Crippen molar-refractivity contribution in [1.82, 2.24) is 0 Å². The molecular weight excluding hydrogens is 211 g/mol. The van der Waals surface area contributed by atoms with Crippen LogP contribution in [0.5, 0.6) is 0 Å². The monoisotopic (exact) mass is 218 g/mol. The van der Waals surface area contributed by atoms with Gasteiger partial charge in [-0.2, -0.15) is 0 Å². The van der Waals surface area contributed by atoms with E-state index in [9.17, 15) is 17.6 Å². The summed E-state index contributed by atoms with van der Waals surface area (Å²) in [4.78, 5) is 9.92. The molecule has 14 heavy (non-hydrogen) atoms. The average Bonchev–Trinajstić information content (AvgIpc) is 2.01. The van der Waals surface area contributed by atoms with E-state index in [2.05, 4.69) is 0 Å². The number of carbonyl (C=O) groups is 1. The molecule has 76 valence electrons. The minimum atomic E-state index is -4.10. The third kappa shape index (κ3) is 2.06. The van der Waals surface area contributed by atoms with Gasteiger partial charge in [-0.1, -0.05) is 0 Å². The van der Waals surface area contributed by atoms with Gasteiger partial charge < -0.3 is 5.73 Å². The molecule has 0 heterocycles. The maximum absolute atomic E-state index is 13.0. The molecule has 5 nitrogen and oxygen atoms in total. The highest BCUT2D eigenvalue weighted by Crippen LogP contribution is 2.13. The van der Waals surface area contributed by atoms with Gasteiger partial charge in [0.15, 0.2) is 0 Å². The number of carbonyl (C=O) groups excluding carboxylic acids is 1. The zero-order valence-electron chi connectivity index (χ0n) is 6.90. The lowest BCUT2D eigenvalue weighted by Crippen LogP contribution is -2.16. The largest absolute Gasteiger partial charge is 0.366 e. The Bertz CT molecular complexity index is 484. The Hall–Kier alpha value is -1.47. The molecule has 0 bridgehead atoms. The minimum Gasteiger partial charge on any atom is -0.366 e. The van der Waals surface area contributed by atoms with Crippen molar-refractivity contribution >= 4 is 15.9 Å². The number of sulfonamides is 1. The summed E-state index contributed by atoms with van der Waals surface area (Å²) in [5, 5.41) is 4.70. The molecule has 1 amide bonds. The third-order valence-electron chi connectivity index (χ3n) is 1.52. The zero-order valence-corrected chi connectivity index (χ0v) is 7.71. The van der Waals surface area contributed by atoms with Gasteiger partial charge in [-0.25, -0.2) is 17.9 Å². The maximum Gasteiger partial charge on any atom is 0.248 e. The van der Waals surface area contributed by atoms with Crippen molar-refractivity contribution in [3.8, 4) is 0 Å². The zero-order chi connectivity index (χ0) is 10.9. The molecule has 0 aliphatic rings. The first kappa shape index (κ1) is 10.6. The molecule has 7 heteroatoms. The summed E-state index contributed by atoms with van der Waals surface area (Å²) in [5.41, 5.74) is 4.74. The van der Waals surface area contributed by atoms with Crippen molar-refractivity contribution in [2.75, 3.05) is 0 Å². The fourth-order valence-electron chi connectivity index (χ4n) is 0.885. The molecule has 0 saturated carbocycles. The Morgan fingerprint density at radius 1 is 1.36 bits per heavy atom. The van der Waals surface area contributed by atoms with Crippen LogP contribution >= 0.6 is 0 Å². The van der Waals surface area contributed by atoms with Crippen LogP contribution in [0.3, 0.4) is 0 Å². The number of primary sulfonamides is 1. The number of hydrogen-bond acceptors (Lipinski definition) is 3. The smallest absolute Gasteiger partial charge is 0.248 e. The van der Waals surface area contributed by atoms with E-state index >= 15 is 0 Å². The van der Waals surface area contributed by atoms with E-state index in [1.807, 2.05) is 0 Å². The van der Waals surface area contributed by atoms with Crippen molar-refractivity contribution in [1.29, 1.82) is 0 Å². The van der Waals surface area contributed by atoms with E-state index in [1.54, 1.807) is 0 Å². The Morgan fingerprint density at radius 3 is 2.29 bits per heavy atom. The highest BCUT2D eigenvalue weighted by molar-refractivity contribution is 7.89. The molecule has 4 N–H and O–H groups in total. The van der Waals surface area contributed by atoms with Crippen LogP contribution in [0.1, 0.15) is 10.4 Å². The average molecular weight is 218 g/mol. The predicted octanol–water partition coefficient (Wildman–Crippen LogP) is -0.428. The third-order valence-corrected chi connectivity index (χ3v) is 2.47. The Labute approximate surface area is 79.6 Å². The minimum absolute atomic E-state index is 0.116. The maximum atomic E-state index is 13.0. The van der Waals surface area contributed by atoms with Crippen molar-refractivity contribution in [2.45, 2.75) is 4.90 Å². The second-order valence-corrected chi connectivity index (χ2v) is 4.08. The van der Waals surface area contributed by atoms with Crippen molar-refractivity contribution in [3.63, 3.8) is 0 Å². The van der Waals surface area contributed by atoms with Crippen LogP contribution in [0, 0.1) is 5.82 Å². The van der Waals surface area contributed by atoms with Crippen LogP contribution in [0.15, 0.2) is 23.1 Å². The fourth-order valence-corrected chi connectivity index (χ4v) is 1.47. The molecule has 1 aromatic rings. The first-order valence-corrected chi connectivity index (χ1v) is 4.99. The molecule has 1 aromatic carbocycles. The van der Waals surface area contributed by atoms with Gasteiger partial charge in [-0.15, -0.1) is 0 Å². The molecule has 0 atom stereocenters. The molecule has 0 radical (unpaired) electrons. The van der Waals surface area contributed by atoms with Crippen LogP contribution in [0.25, 0.3) is 0 Å². The normalized spacial score (nSPS) is 11.3. The van der Waals surface area contributed by atoms with Gasteiger partial charge in [0, 0.05) is 5.56 Å². The predicted molar refractivity (Wildman–Crippen MR) is 46.3 cm³/mol. The number of primary amides is 1. The van der Waals surface area contributed by atoms with E-state index in [0.717, 1.165) is 18.2 Å². The highest BCUT2D eigenvalue weighted by Gasteiger charge is 2.15. The van der Waals surface area contributed by atoms with Crippen LogP contribution in [0.4, 0.5) is 4.39 Å². The Morgan fingerprint density at radius 2 is 1.93 bits per heavy atom. The first-order valence-electron chi connectivity index (χ1n) is 3.44. The molecule has 1 rings (SSSR count). The number of nitrogens with two attached hydrogens (primary N) is 2. The van der Waals surface area contributed by atoms with Crippen LogP contribution in [-0.2, 0) is 10.0 Å². The highest BCUT2D eigenvalue weighted by atomic mass is 32.2. The number of amides is 1. The fraction of sp³-hybridized carbons (Fsp3) is 0. The van der Waals surface area contributed by atoms with Crippen LogP contribution < -0.4 is 10.9 Å². The van der Waals surface area contributed by atoms with E-state index in [4.69, 9.17) is 10.9 Å². The lowest BCUT2D eigenvalue weighted by atomic mass is 10.2. The summed E-state index contributed by atoms with van der Waals surface area (Å²) in [6, 6.07) is 2.71. The lowest BCUT2D eigenvalue weighted by molar-refractivity contribution is 0.0999. The molecule has 0 unspecified atom stereocenters. The summed E-state index contributed by atoms with van der Waals surface area (Å²) in [5.74, 6) is -1.94. The van der Waals surface area contributed by atoms with Gasteiger partial charge in [0.2, 0.25) is 15.9 Å². The lowest BCUT2D eigenvalue weighted by Gasteiger charge is -2.01. The summed E-state index contributed by atoms with van der Waals surface area (Å²) >= 11 is 0. The van der Waals surface area contributed by atoms with Crippen molar-refractivity contribution in [2.24, 2.45) is 10.9 Å². The second-order valence-electron chi connectivity index (χ2n) is 2.55. The van der Waals surface area contributed by atoms with E-state index in [0.29, 0.717) is 0 Å². The van der Waals surface area contributed by atoms with Gasteiger partial charge in [0.25, 0.3) is 0 Å². The van der Waals surface area contributed by atoms with E-state index < -0.39 is 26.6 Å². The van der Waals surface area contributed by atoms with Gasteiger partial charge in [-0.3, -0.25) is 4.79 Å². The summed E-state index contributed by atoms with van der Waals surface area (Å²) < 4.78 is 34.6. The van der Waals surface area contributed by atoms with Crippen LogP contribution in [-0.4, -0.2) is 14.3 Å². The van der Waals surface area contributed by atoms with E-state index in [1.165, 1.54) is 0 Å². The van der Waals surface area contributed by atoms with Gasteiger partial charge >= 0.3 is 0 Å². The molecule has 0 aliphatic heterocycles. The molecule has 0 aliphatic carbocycles. The Kier molecular flexibility index (Phi) is 2.54. The summed E-state index contributed by atoms with van der Waals surface area (Å²) in [7, 11) is -4.10. The summed E-state index contributed by atoms with van der Waals surface area (Å²) in [6.07, 6.45) is 0. The Balaban J connectivity index is 3.35. The molecule has 0 spiro atoms. The van der Waals surface area contributed by atoms with Gasteiger partial charge in [0.1, 0.15) is 10.7 Å².